The molecular formula is C18H17FN2O. The highest BCUT2D eigenvalue weighted by Crippen LogP contribution is 2.26. The van der Waals surface area contributed by atoms with Gasteiger partial charge < -0.3 is 10.3 Å². The molecule has 2 N–H and O–H groups in total. The fraction of sp³-hybridized carbons (Fsp3) is 0.167. The molecule has 0 aliphatic rings. The Morgan fingerprint density at radius 1 is 1.18 bits per heavy atom. The summed E-state index contributed by atoms with van der Waals surface area (Å²) in [7, 11) is 0. The lowest BCUT2D eigenvalue weighted by molar-refractivity contribution is -0.116. The summed E-state index contributed by atoms with van der Waals surface area (Å²) in [4.78, 5) is 14.9. The summed E-state index contributed by atoms with van der Waals surface area (Å²) in [5.74, 6) is -0.239. The fourth-order valence-corrected chi connectivity index (χ4v) is 2.47. The van der Waals surface area contributed by atoms with Gasteiger partial charge in [-0.1, -0.05) is 19.1 Å². The number of rotatable bonds is 4. The van der Waals surface area contributed by atoms with Crippen molar-refractivity contribution >= 4 is 22.5 Å². The summed E-state index contributed by atoms with van der Waals surface area (Å²) < 4.78 is 13.3. The van der Waals surface area contributed by atoms with E-state index < -0.39 is 0 Å². The molecule has 3 rings (SSSR count). The second-order valence-corrected chi connectivity index (χ2v) is 5.29. The maximum atomic E-state index is 13.3. The third-order valence-corrected chi connectivity index (χ3v) is 3.52. The Kier molecular flexibility index (Phi) is 3.92. The van der Waals surface area contributed by atoms with Crippen molar-refractivity contribution in [3.8, 4) is 11.3 Å². The predicted octanol–water partition coefficient (Wildman–Crippen LogP) is 4.71. The van der Waals surface area contributed by atoms with Gasteiger partial charge in [0.2, 0.25) is 5.91 Å². The van der Waals surface area contributed by atoms with E-state index in [0.29, 0.717) is 6.42 Å². The maximum absolute atomic E-state index is 13.3. The average molecular weight is 296 g/mol. The van der Waals surface area contributed by atoms with Gasteiger partial charge in [-0.15, -0.1) is 0 Å². The molecular weight excluding hydrogens is 279 g/mol. The van der Waals surface area contributed by atoms with Gasteiger partial charge in [0.15, 0.2) is 0 Å². The van der Waals surface area contributed by atoms with Crippen molar-refractivity contribution in [2.24, 2.45) is 0 Å². The number of hydrogen-bond acceptors (Lipinski definition) is 1. The van der Waals surface area contributed by atoms with Gasteiger partial charge in [-0.05, 0) is 42.8 Å². The molecule has 0 unspecified atom stereocenters. The summed E-state index contributed by atoms with van der Waals surface area (Å²) in [5.41, 5.74) is 3.50. The lowest BCUT2D eigenvalue weighted by Crippen LogP contribution is -2.10. The summed E-state index contributed by atoms with van der Waals surface area (Å²) in [6.07, 6.45) is 1.33. The van der Waals surface area contributed by atoms with E-state index in [0.717, 1.165) is 34.3 Å². The minimum absolute atomic E-state index is 0.0124. The molecule has 112 valence electrons. The molecule has 0 saturated heterocycles. The first kappa shape index (κ1) is 14.3. The standard InChI is InChI=1S/C18H17FN2O/c1-2-4-18(22)20-15-6-3-5-12(10-15)17-11-13-9-14(19)7-8-16(13)21-17/h3,5-11,21H,2,4H2,1H3,(H,20,22). The van der Waals surface area contributed by atoms with Crippen LogP contribution in [0.25, 0.3) is 22.2 Å². The molecule has 0 atom stereocenters. The number of benzene rings is 2. The summed E-state index contributed by atoms with van der Waals surface area (Å²) >= 11 is 0. The van der Waals surface area contributed by atoms with Crippen LogP contribution in [0.2, 0.25) is 0 Å². The molecule has 0 saturated carbocycles. The number of amides is 1. The van der Waals surface area contributed by atoms with Crippen LogP contribution in [0.15, 0.2) is 48.5 Å². The molecule has 1 amide bonds. The zero-order valence-corrected chi connectivity index (χ0v) is 12.3. The van der Waals surface area contributed by atoms with Crippen molar-refractivity contribution < 1.29 is 9.18 Å². The molecule has 1 aromatic heterocycles. The molecule has 0 aliphatic heterocycles. The molecule has 0 spiro atoms. The molecule has 3 nitrogen and oxygen atoms in total. The van der Waals surface area contributed by atoms with Gasteiger partial charge in [-0.3, -0.25) is 4.79 Å². The minimum Gasteiger partial charge on any atom is -0.355 e. The molecule has 22 heavy (non-hydrogen) atoms. The highest BCUT2D eigenvalue weighted by atomic mass is 19.1. The number of hydrogen-bond donors (Lipinski definition) is 2. The SMILES string of the molecule is CCCC(=O)Nc1cccc(-c2cc3cc(F)ccc3[nH]2)c1. The van der Waals surface area contributed by atoms with Crippen molar-refractivity contribution in [3.63, 3.8) is 0 Å². The largest absolute Gasteiger partial charge is 0.355 e. The van der Waals surface area contributed by atoms with Crippen LogP contribution in [0.5, 0.6) is 0 Å². The van der Waals surface area contributed by atoms with E-state index in [4.69, 9.17) is 0 Å². The Balaban J connectivity index is 1.91. The molecule has 4 heteroatoms. The highest BCUT2D eigenvalue weighted by Gasteiger charge is 2.06. The van der Waals surface area contributed by atoms with Gasteiger partial charge in [0, 0.05) is 34.3 Å². The first-order valence-electron chi connectivity index (χ1n) is 7.34. The predicted molar refractivity (Wildman–Crippen MR) is 87.2 cm³/mol. The van der Waals surface area contributed by atoms with Crippen LogP contribution < -0.4 is 5.32 Å². The maximum Gasteiger partial charge on any atom is 0.224 e. The van der Waals surface area contributed by atoms with Gasteiger partial charge >= 0.3 is 0 Å². The van der Waals surface area contributed by atoms with Crippen molar-refractivity contribution in [1.29, 1.82) is 0 Å². The van der Waals surface area contributed by atoms with Crippen LogP contribution in [-0.2, 0) is 4.79 Å². The van der Waals surface area contributed by atoms with Gasteiger partial charge in [0.1, 0.15) is 5.82 Å². The summed E-state index contributed by atoms with van der Waals surface area (Å²) in [6.45, 7) is 1.97. The molecule has 0 fully saturated rings. The second-order valence-electron chi connectivity index (χ2n) is 5.29. The van der Waals surface area contributed by atoms with E-state index in [1.54, 1.807) is 6.07 Å². The first-order valence-corrected chi connectivity index (χ1v) is 7.34. The Labute approximate surface area is 128 Å². The van der Waals surface area contributed by atoms with Crippen LogP contribution in [0, 0.1) is 5.82 Å². The number of carbonyl (C=O) groups excluding carboxylic acids is 1. The van der Waals surface area contributed by atoms with Crippen LogP contribution >= 0.6 is 0 Å². The van der Waals surface area contributed by atoms with Crippen molar-refractivity contribution in [2.75, 3.05) is 5.32 Å². The number of fused-ring (bicyclic) bond motifs is 1. The second kappa shape index (κ2) is 6.02. The van der Waals surface area contributed by atoms with E-state index in [9.17, 15) is 9.18 Å². The van der Waals surface area contributed by atoms with E-state index in [1.807, 2.05) is 37.3 Å². The van der Waals surface area contributed by atoms with Crippen LogP contribution in [0.4, 0.5) is 10.1 Å². The first-order chi connectivity index (χ1) is 10.7. The molecule has 0 radical (unpaired) electrons. The number of aromatic amines is 1. The zero-order chi connectivity index (χ0) is 15.5. The third-order valence-electron chi connectivity index (χ3n) is 3.52. The summed E-state index contributed by atoms with van der Waals surface area (Å²) in [5, 5.41) is 3.71. The van der Waals surface area contributed by atoms with Gasteiger partial charge in [-0.25, -0.2) is 4.39 Å². The molecule has 2 aromatic carbocycles. The van der Waals surface area contributed by atoms with Crippen LogP contribution in [0.1, 0.15) is 19.8 Å². The minimum atomic E-state index is -0.251. The van der Waals surface area contributed by atoms with E-state index in [1.165, 1.54) is 12.1 Å². The normalized spacial score (nSPS) is 10.8. The summed E-state index contributed by atoms with van der Waals surface area (Å²) in [6, 6.07) is 14.2. The number of carbonyl (C=O) groups is 1. The Bertz CT molecular complexity index is 823. The third kappa shape index (κ3) is 3.01. The lowest BCUT2D eigenvalue weighted by atomic mass is 10.1. The molecule has 0 bridgehead atoms. The van der Waals surface area contributed by atoms with Gasteiger partial charge in [-0.2, -0.15) is 0 Å². The quantitative estimate of drug-likeness (QED) is 0.719. The lowest BCUT2D eigenvalue weighted by Gasteiger charge is -2.06. The number of halogens is 1. The van der Waals surface area contributed by atoms with Crippen LogP contribution in [0.3, 0.4) is 0 Å². The number of aromatic nitrogens is 1. The highest BCUT2D eigenvalue weighted by molar-refractivity contribution is 5.92. The molecule has 3 aromatic rings. The Morgan fingerprint density at radius 2 is 2.05 bits per heavy atom. The Morgan fingerprint density at radius 3 is 2.86 bits per heavy atom. The molecule has 1 heterocycles. The van der Waals surface area contributed by atoms with Crippen molar-refractivity contribution in [3.05, 3.63) is 54.3 Å². The molecule has 0 aliphatic carbocycles. The zero-order valence-electron chi connectivity index (χ0n) is 12.3. The van der Waals surface area contributed by atoms with Crippen molar-refractivity contribution in [1.82, 2.24) is 4.98 Å². The number of H-pyrrole nitrogens is 1. The smallest absolute Gasteiger partial charge is 0.224 e. The van der Waals surface area contributed by atoms with Gasteiger partial charge in [0.05, 0.1) is 0 Å². The van der Waals surface area contributed by atoms with Gasteiger partial charge in [0.25, 0.3) is 0 Å². The number of anilines is 1. The van der Waals surface area contributed by atoms with E-state index >= 15 is 0 Å². The van der Waals surface area contributed by atoms with Crippen LogP contribution in [-0.4, -0.2) is 10.9 Å². The number of nitrogens with one attached hydrogen (secondary N) is 2. The Hall–Kier alpha value is -2.62. The average Bonchev–Trinajstić information content (AvgIpc) is 2.90. The van der Waals surface area contributed by atoms with E-state index in [2.05, 4.69) is 10.3 Å². The topological polar surface area (TPSA) is 44.9 Å². The monoisotopic (exact) mass is 296 g/mol. The van der Waals surface area contributed by atoms with Crippen molar-refractivity contribution in [2.45, 2.75) is 19.8 Å². The van der Waals surface area contributed by atoms with E-state index in [-0.39, 0.29) is 11.7 Å². The fourth-order valence-electron chi connectivity index (χ4n) is 2.47.